The monoisotopic (exact) mass is 402 g/mol. The highest BCUT2D eigenvalue weighted by molar-refractivity contribution is 9.10. The van der Waals surface area contributed by atoms with Crippen molar-refractivity contribution in [2.45, 2.75) is 25.8 Å². The van der Waals surface area contributed by atoms with Gasteiger partial charge in [0.25, 0.3) is 0 Å². The molecular weight excluding hydrogens is 379 g/mol. The van der Waals surface area contributed by atoms with E-state index >= 15 is 0 Å². The molecule has 1 aliphatic rings. The number of piperidine rings is 1. The Balaban J connectivity index is 0.000000219. The van der Waals surface area contributed by atoms with Gasteiger partial charge in [-0.3, -0.25) is 0 Å². The molecule has 1 saturated heterocycles. The van der Waals surface area contributed by atoms with Crippen molar-refractivity contribution in [2.24, 2.45) is 0 Å². The first kappa shape index (κ1) is 18.2. The van der Waals surface area contributed by atoms with E-state index in [0.29, 0.717) is 6.04 Å². The smallest absolute Gasteiger partial charge is 0.123 e. The summed E-state index contributed by atoms with van der Waals surface area (Å²) in [7, 11) is 0. The van der Waals surface area contributed by atoms with Gasteiger partial charge in [0.05, 0.1) is 0 Å². The minimum atomic E-state index is -0.178. The largest absolute Gasteiger partial charge is 0.344 e. The van der Waals surface area contributed by atoms with Gasteiger partial charge in [-0.25, -0.2) is 4.39 Å². The van der Waals surface area contributed by atoms with Crippen molar-refractivity contribution >= 4 is 26.8 Å². The first-order chi connectivity index (χ1) is 12.2. The average Bonchev–Trinajstić information content (AvgIpc) is 3.06. The predicted molar refractivity (Wildman–Crippen MR) is 106 cm³/mol. The lowest BCUT2D eigenvalue weighted by Crippen LogP contribution is -2.34. The molecule has 0 bridgehead atoms. The second kappa shape index (κ2) is 8.63. The van der Waals surface area contributed by atoms with Crippen molar-refractivity contribution in [3.63, 3.8) is 0 Å². The number of aromatic nitrogens is 1. The van der Waals surface area contributed by atoms with Crippen LogP contribution >= 0.6 is 15.9 Å². The number of likely N-dealkylation sites (tertiary alicyclic amines) is 1. The molecule has 0 amide bonds. The SMILES string of the molecule is CCN1CCC(n2ccc3ccc(Br)cc32)CC1.Fc1ccccc1. The summed E-state index contributed by atoms with van der Waals surface area (Å²) in [6.45, 7) is 5.90. The molecule has 0 aliphatic carbocycles. The van der Waals surface area contributed by atoms with E-state index < -0.39 is 0 Å². The number of halogens is 2. The molecule has 1 aromatic heterocycles. The Labute approximate surface area is 157 Å². The number of fused-ring (bicyclic) bond motifs is 1. The van der Waals surface area contributed by atoms with E-state index in [-0.39, 0.29) is 5.82 Å². The second-order valence-electron chi connectivity index (χ2n) is 6.39. The fourth-order valence-corrected chi connectivity index (χ4v) is 3.72. The summed E-state index contributed by atoms with van der Waals surface area (Å²) >= 11 is 3.57. The highest BCUT2D eigenvalue weighted by Gasteiger charge is 2.20. The van der Waals surface area contributed by atoms with E-state index in [0.717, 1.165) is 0 Å². The van der Waals surface area contributed by atoms with Gasteiger partial charge in [0, 0.05) is 35.3 Å². The third kappa shape index (κ3) is 4.71. The van der Waals surface area contributed by atoms with Crippen LogP contribution in [0.25, 0.3) is 10.9 Å². The molecule has 4 heteroatoms. The van der Waals surface area contributed by atoms with Crippen LogP contribution in [0.15, 0.2) is 65.3 Å². The Hall–Kier alpha value is -1.65. The number of benzene rings is 2. The van der Waals surface area contributed by atoms with Crippen LogP contribution in [-0.4, -0.2) is 29.1 Å². The van der Waals surface area contributed by atoms with Crippen LogP contribution in [0.5, 0.6) is 0 Å². The Kier molecular flexibility index (Phi) is 6.27. The summed E-state index contributed by atoms with van der Waals surface area (Å²) < 4.78 is 15.5. The lowest BCUT2D eigenvalue weighted by molar-refractivity contribution is 0.197. The van der Waals surface area contributed by atoms with E-state index in [4.69, 9.17) is 0 Å². The maximum absolute atomic E-state index is 11.9. The lowest BCUT2D eigenvalue weighted by atomic mass is 10.0. The van der Waals surface area contributed by atoms with Gasteiger partial charge in [0.15, 0.2) is 0 Å². The molecule has 0 saturated carbocycles. The summed E-state index contributed by atoms with van der Waals surface area (Å²) in [6, 6.07) is 17.4. The number of rotatable bonds is 2. The predicted octanol–water partition coefficient (Wildman–Crippen LogP) is 5.89. The molecule has 0 atom stereocenters. The Morgan fingerprint density at radius 1 is 1.04 bits per heavy atom. The summed E-state index contributed by atoms with van der Waals surface area (Å²) in [4.78, 5) is 2.54. The van der Waals surface area contributed by atoms with E-state index in [1.807, 2.05) is 0 Å². The first-order valence-corrected chi connectivity index (χ1v) is 9.65. The molecule has 3 aromatic rings. The zero-order chi connectivity index (χ0) is 17.6. The quantitative estimate of drug-likeness (QED) is 0.518. The molecule has 0 unspecified atom stereocenters. The van der Waals surface area contributed by atoms with Gasteiger partial charge in [-0.15, -0.1) is 0 Å². The number of hydrogen-bond acceptors (Lipinski definition) is 1. The third-order valence-electron chi connectivity index (χ3n) is 4.82. The van der Waals surface area contributed by atoms with Gasteiger partial charge >= 0.3 is 0 Å². The first-order valence-electron chi connectivity index (χ1n) is 8.86. The molecule has 1 aliphatic heterocycles. The van der Waals surface area contributed by atoms with Crippen molar-refractivity contribution in [3.05, 3.63) is 71.1 Å². The third-order valence-corrected chi connectivity index (χ3v) is 5.31. The van der Waals surface area contributed by atoms with E-state index in [9.17, 15) is 4.39 Å². The van der Waals surface area contributed by atoms with Crippen LogP contribution in [0.3, 0.4) is 0 Å². The molecular formula is C21H24BrFN2. The minimum Gasteiger partial charge on any atom is -0.344 e. The Morgan fingerprint density at radius 2 is 1.76 bits per heavy atom. The lowest BCUT2D eigenvalue weighted by Gasteiger charge is -2.32. The maximum atomic E-state index is 11.9. The van der Waals surface area contributed by atoms with Crippen molar-refractivity contribution in [2.75, 3.05) is 19.6 Å². The van der Waals surface area contributed by atoms with E-state index in [2.05, 4.69) is 62.8 Å². The maximum Gasteiger partial charge on any atom is 0.123 e. The summed E-state index contributed by atoms with van der Waals surface area (Å²) in [6.07, 6.45) is 4.79. The molecule has 0 spiro atoms. The second-order valence-corrected chi connectivity index (χ2v) is 7.30. The van der Waals surface area contributed by atoms with Gasteiger partial charge < -0.3 is 9.47 Å². The van der Waals surface area contributed by atoms with Crippen LogP contribution in [0, 0.1) is 5.82 Å². The summed E-state index contributed by atoms with van der Waals surface area (Å²) in [5, 5.41) is 1.34. The van der Waals surface area contributed by atoms with Gasteiger partial charge in [-0.05, 0) is 55.1 Å². The van der Waals surface area contributed by atoms with Crippen LogP contribution in [0.2, 0.25) is 0 Å². The molecule has 4 rings (SSSR count). The van der Waals surface area contributed by atoms with E-state index in [1.165, 1.54) is 60.0 Å². The zero-order valence-corrected chi connectivity index (χ0v) is 16.1. The topological polar surface area (TPSA) is 8.17 Å². The van der Waals surface area contributed by atoms with Crippen molar-refractivity contribution in [3.8, 4) is 0 Å². The summed E-state index contributed by atoms with van der Waals surface area (Å²) in [5.41, 5.74) is 1.36. The van der Waals surface area contributed by atoms with Gasteiger partial charge in [-0.1, -0.05) is 47.1 Å². The van der Waals surface area contributed by atoms with Crippen LogP contribution in [0.4, 0.5) is 4.39 Å². The highest BCUT2D eigenvalue weighted by Crippen LogP contribution is 2.29. The standard InChI is InChI=1S/C15H19BrN2.C6H5F/c1-2-17-8-6-14(7-9-17)18-10-5-12-3-4-13(16)11-15(12)18;7-6-4-2-1-3-5-6/h3-5,10-11,14H,2,6-9H2,1H3;1-5H. The molecule has 2 aromatic carbocycles. The summed E-state index contributed by atoms with van der Waals surface area (Å²) in [5.74, 6) is -0.178. The molecule has 0 N–H and O–H groups in total. The van der Waals surface area contributed by atoms with Gasteiger partial charge in [0.1, 0.15) is 5.82 Å². The molecule has 132 valence electrons. The van der Waals surface area contributed by atoms with Gasteiger partial charge in [-0.2, -0.15) is 0 Å². The minimum absolute atomic E-state index is 0.178. The molecule has 1 fully saturated rings. The molecule has 2 nitrogen and oxygen atoms in total. The van der Waals surface area contributed by atoms with Crippen molar-refractivity contribution in [1.29, 1.82) is 0 Å². The molecule has 0 radical (unpaired) electrons. The van der Waals surface area contributed by atoms with E-state index in [1.54, 1.807) is 18.2 Å². The van der Waals surface area contributed by atoms with Crippen LogP contribution in [-0.2, 0) is 0 Å². The van der Waals surface area contributed by atoms with Crippen molar-refractivity contribution < 1.29 is 4.39 Å². The normalized spacial score (nSPS) is 15.8. The fraction of sp³-hybridized carbons (Fsp3) is 0.333. The van der Waals surface area contributed by atoms with Crippen LogP contribution in [0.1, 0.15) is 25.8 Å². The average molecular weight is 403 g/mol. The van der Waals surface area contributed by atoms with Crippen molar-refractivity contribution in [1.82, 2.24) is 9.47 Å². The van der Waals surface area contributed by atoms with Gasteiger partial charge in [0.2, 0.25) is 0 Å². The fourth-order valence-electron chi connectivity index (χ4n) is 3.37. The number of hydrogen-bond donors (Lipinski definition) is 0. The molecule has 2 heterocycles. The highest BCUT2D eigenvalue weighted by atomic mass is 79.9. The number of nitrogens with zero attached hydrogens (tertiary/aromatic N) is 2. The Morgan fingerprint density at radius 3 is 2.36 bits per heavy atom. The van der Waals surface area contributed by atoms with Crippen LogP contribution < -0.4 is 0 Å². The Bertz CT molecular complexity index is 792. The molecule has 25 heavy (non-hydrogen) atoms. The zero-order valence-electron chi connectivity index (χ0n) is 14.5.